The molecule has 0 bridgehead atoms. The number of hydrogen-bond donors (Lipinski definition) is 1. The predicted octanol–water partition coefficient (Wildman–Crippen LogP) is 5.67. The van der Waals surface area contributed by atoms with E-state index in [9.17, 15) is 13.2 Å². The van der Waals surface area contributed by atoms with Crippen LogP contribution in [0.4, 0.5) is 5.69 Å². The maximum Gasteiger partial charge on any atom is 0.264 e. The molecule has 184 valence electrons. The average Bonchev–Trinajstić information content (AvgIpc) is 2.87. The highest BCUT2D eigenvalue weighted by Gasteiger charge is 2.28. The molecule has 1 aliphatic rings. The van der Waals surface area contributed by atoms with Crippen LogP contribution in [0.5, 0.6) is 0 Å². The van der Waals surface area contributed by atoms with Gasteiger partial charge in [0.1, 0.15) is 6.54 Å². The minimum atomic E-state index is -3.94. The van der Waals surface area contributed by atoms with Crippen molar-refractivity contribution in [3.63, 3.8) is 0 Å². The third-order valence-electron chi connectivity index (χ3n) is 6.51. The Bertz CT molecular complexity index is 1290. The molecule has 0 saturated heterocycles. The third-order valence-corrected chi connectivity index (χ3v) is 9.04. The van der Waals surface area contributed by atoms with E-state index in [0.717, 1.165) is 28.9 Å². The molecule has 0 aliphatic heterocycles. The maximum atomic E-state index is 13.6. The molecule has 3 aromatic rings. The lowest BCUT2D eigenvalue weighted by Gasteiger charge is -2.26. The van der Waals surface area contributed by atoms with Crippen LogP contribution in [0.1, 0.15) is 48.1 Å². The summed E-state index contributed by atoms with van der Waals surface area (Å²) in [5, 5.41) is 3.01. The van der Waals surface area contributed by atoms with E-state index in [1.807, 2.05) is 32.2 Å². The topological polar surface area (TPSA) is 66.5 Å². The van der Waals surface area contributed by atoms with Crippen LogP contribution < -0.4 is 9.62 Å². The number of rotatable bonds is 8. The Labute approximate surface area is 213 Å². The highest BCUT2D eigenvalue weighted by Crippen LogP contribution is 2.27. The van der Waals surface area contributed by atoms with Gasteiger partial charge in [0.25, 0.3) is 10.0 Å². The van der Waals surface area contributed by atoms with Crippen molar-refractivity contribution in [1.29, 1.82) is 0 Å². The fourth-order valence-corrected chi connectivity index (χ4v) is 6.25. The highest BCUT2D eigenvalue weighted by atomic mass is 32.2. The molecule has 4 rings (SSSR count). The minimum Gasteiger partial charge on any atom is -0.348 e. The van der Waals surface area contributed by atoms with E-state index in [1.54, 1.807) is 48.2 Å². The lowest BCUT2D eigenvalue weighted by atomic mass is 9.89. The molecule has 1 N–H and O–H groups in total. The van der Waals surface area contributed by atoms with Gasteiger partial charge in [-0.25, -0.2) is 8.42 Å². The monoisotopic (exact) mass is 508 g/mol. The largest absolute Gasteiger partial charge is 0.348 e. The summed E-state index contributed by atoms with van der Waals surface area (Å²) in [5.74, 6) is -0.347. The summed E-state index contributed by atoms with van der Waals surface area (Å²) >= 11 is 1.55. The molecule has 0 heterocycles. The number of nitrogens with zero attached hydrogens (tertiary/aromatic N) is 1. The third kappa shape index (κ3) is 5.90. The average molecular weight is 509 g/mol. The van der Waals surface area contributed by atoms with E-state index < -0.39 is 10.0 Å². The molecule has 1 amide bonds. The van der Waals surface area contributed by atoms with Crippen LogP contribution in [0.3, 0.4) is 0 Å². The summed E-state index contributed by atoms with van der Waals surface area (Å²) in [7, 11) is -3.94. The molecule has 0 fully saturated rings. The van der Waals surface area contributed by atoms with Gasteiger partial charge in [0.05, 0.1) is 16.6 Å². The first-order chi connectivity index (χ1) is 16.8. The highest BCUT2D eigenvalue weighted by molar-refractivity contribution is 7.98. The zero-order valence-corrected chi connectivity index (χ0v) is 22.1. The van der Waals surface area contributed by atoms with Crippen LogP contribution in [0.15, 0.2) is 76.5 Å². The standard InChI is InChI=1S/C28H32N2O3S2/c1-20-8-12-25(13-9-20)30(35(32,33)27-16-14-26(34-3)15-17-27)19-28(31)29-21(2)23-11-10-22-6-4-5-7-24(22)18-23/h8-18,21H,4-7,19H2,1-3H3,(H,29,31). The van der Waals surface area contributed by atoms with Gasteiger partial charge in [-0.3, -0.25) is 9.10 Å². The van der Waals surface area contributed by atoms with E-state index in [4.69, 9.17) is 0 Å². The minimum absolute atomic E-state index is 0.159. The van der Waals surface area contributed by atoms with E-state index in [1.165, 1.54) is 28.3 Å². The van der Waals surface area contributed by atoms with Crippen LogP contribution in [-0.4, -0.2) is 27.1 Å². The normalized spacial score (nSPS) is 14.1. The number of benzene rings is 3. The van der Waals surface area contributed by atoms with E-state index in [2.05, 4.69) is 23.5 Å². The van der Waals surface area contributed by atoms with E-state index in [-0.39, 0.29) is 23.4 Å². The second-order valence-electron chi connectivity index (χ2n) is 9.05. The van der Waals surface area contributed by atoms with E-state index >= 15 is 0 Å². The summed E-state index contributed by atoms with van der Waals surface area (Å²) in [6.45, 7) is 3.58. The molecule has 5 nitrogen and oxygen atoms in total. The Morgan fingerprint density at radius 2 is 1.63 bits per heavy atom. The maximum absolute atomic E-state index is 13.6. The van der Waals surface area contributed by atoms with Crippen LogP contribution in [0.25, 0.3) is 0 Å². The lowest BCUT2D eigenvalue weighted by Crippen LogP contribution is -2.41. The van der Waals surface area contributed by atoms with Gasteiger partial charge in [0.15, 0.2) is 0 Å². The summed E-state index contributed by atoms with van der Waals surface area (Å²) in [5.41, 5.74) is 5.26. The summed E-state index contributed by atoms with van der Waals surface area (Å²) < 4.78 is 28.4. The number of anilines is 1. The second-order valence-corrected chi connectivity index (χ2v) is 11.8. The number of amides is 1. The Balaban J connectivity index is 1.56. The van der Waals surface area contributed by atoms with Crippen molar-refractivity contribution in [2.45, 2.75) is 55.4 Å². The molecule has 0 saturated carbocycles. The first-order valence-corrected chi connectivity index (χ1v) is 14.6. The van der Waals surface area contributed by atoms with Crippen molar-refractivity contribution in [3.8, 4) is 0 Å². The Morgan fingerprint density at radius 3 is 2.29 bits per heavy atom. The quantitative estimate of drug-likeness (QED) is 0.398. The van der Waals surface area contributed by atoms with Gasteiger partial charge in [-0.15, -0.1) is 11.8 Å². The van der Waals surface area contributed by atoms with Crippen LogP contribution in [0.2, 0.25) is 0 Å². The molecule has 0 radical (unpaired) electrons. The molecule has 7 heteroatoms. The van der Waals surface area contributed by atoms with Gasteiger partial charge in [0, 0.05) is 4.90 Å². The fraction of sp³-hybridized carbons (Fsp3) is 0.321. The van der Waals surface area contributed by atoms with Gasteiger partial charge < -0.3 is 5.32 Å². The molecule has 0 spiro atoms. The Morgan fingerprint density at radius 1 is 0.971 bits per heavy atom. The summed E-state index contributed by atoms with van der Waals surface area (Å²) in [6, 6.07) is 20.1. The van der Waals surface area contributed by atoms with Crippen LogP contribution in [0, 0.1) is 6.92 Å². The zero-order valence-electron chi connectivity index (χ0n) is 20.5. The van der Waals surface area contributed by atoms with Gasteiger partial charge in [-0.05, 0) is 98.9 Å². The SMILES string of the molecule is CSc1ccc(S(=O)(=O)N(CC(=O)NC(C)c2ccc3c(c2)CCCC3)c2ccc(C)cc2)cc1. The molecule has 3 aromatic carbocycles. The van der Waals surface area contributed by atoms with Crippen molar-refractivity contribution in [3.05, 3.63) is 89.0 Å². The van der Waals surface area contributed by atoms with Crippen molar-refractivity contribution in [1.82, 2.24) is 5.32 Å². The number of aryl methyl sites for hydroxylation is 3. The lowest BCUT2D eigenvalue weighted by molar-refractivity contribution is -0.120. The van der Waals surface area contributed by atoms with Gasteiger partial charge in [-0.2, -0.15) is 0 Å². The number of carbonyl (C=O) groups excluding carboxylic acids is 1. The zero-order chi connectivity index (χ0) is 25.0. The van der Waals surface area contributed by atoms with Gasteiger partial charge in [-0.1, -0.05) is 35.9 Å². The Hall–Kier alpha value is -2.77. The van der Waals surface area contributed by atoms with Gasteiger partial charge in [0.2, 0.25) is 5.91 Å². The number of carbonyl (C=O) groups is 1. The predicted molar refractivity (Wildman–Crippen MR) is 144 cm³/mol. The van der Waals surface area contributed by atoms with Crippen molar-refractivity contribution < 1.29 is 13.2 Å². The number of thioether (sulfide) groups is 1. The fourth-order valence-electron chi connectivity index (χ4n) is 4.42. The second kappa shape index (κ2) is 10.9. The first-order valence-electron chi connectivity index (χ1n) is 11.9. The smallest absolute Gasteiger partial charge is 0.264 e. The molecule has 35 heavy (non-hydrogen) atoms. The number of fused-ring (bicyclic) bond motifs is 1. The summed E-state index contributed by atoms with van der Waals surface area (Å²) in [6.07, 6.45) is 6.53. The molecule has 1 unspecified atom stereocenters. The summed E-state index contributed by atoms with van der Waals surface area (Å²) in [4.78, 5) is 14.3. The number of nitrogens with one attached hydrogen (secondary N) is 1. The van der Waals surface area contributed by atoms with Crippen LogP contribution in [-0.2, 0) is 27.7 Å². The van der Waals surface area contributed by atoms with Crippen LogP contribution >= 0.6 is 11.8 Å². The molecule has 0 aromatic heterocycles. The number of hydrogen-bond acceptors (Lipinski definition) is 4. The first kappa shape index (κ1) is 25.3. The molecule has 1 aliphatic carbocycles. The number of sulfonamides is 1. The van der Waals surface area contributed by atoms with Crippen molar-refractivity contribution in [2.75, 3.05) is 17.1 Å². The molecule has 1 atom stereocenters. The Kier molecular flexibility index (Phi) is 7.87. The van der Waals surface area contributed by atoms with Crippen molar-refractivity contribution >= 4 is 33.4 Å². The molecular formula is C28H32N2O3S2. The molecular weight excluding hydrogens is 476 g/mol. The van der Waals surface area contributed by atoms with E-state index in [0.29, 0.717) is 5.69 Å². The van der Waals surface area contributed by atoms with Gasteiger partial charge >= 0.3 is 0 Å². The van der Waals surface area contributed by atoms with Crippen molar-refractivity contribution in [2.24, 2.45) is 0 Å².